The molecule has 122 valence electrons. The minimum Gasteiger partial charge on any atom is -0.291 e. The van der Waals surface area contributed by atoms with Crippen molar-refractivity contribution in [3.8, 4) is 0 Å². The van der Waals surface area contributed by atoms with Crippen LogP contribution >= 0.6 is 15.9 Å². The Morgan fingerprint density at radius 1 is 0.667 bits per heavy atom. The Kier molecular flexibility index (Phi) is 5.78. The van der Waals surface area contributed by atoms with Crippen LogP contribution in [0.15, 0.2) is 83.3 Å². The first-order chi connectivity index (χ1) is 11.7. The standard InChI is InChI=1S/C21H19BrFN/c22-21-19(12-7-13-20(21)23)16-24(14-17-8-3-1-4-9-17)15-18-10-5-2-6-11-18/h1-13H,14-16H2. The van der Waals surface area contributed by atoms with Crippen LogP contribution in [0.4, 0.5) is 4.39 Å². The third-order valence-corrected chi connectivity index (χ3v) is 4.81. The van der Waals surface area contributed by atoms with E-state index in [-0.39, 0.29) is 5.82 Å². The van der Waals surface area contributed by atoms with Crippen molar-refractivity contribution < 1.29 is 4.39 Å². The van der Waals surface area contributed by atoms with Crippen molar-refractivity contribution in [3.05, 3.63) is 106 Å². The van der Waals surface area contributed by atoms with Gasteiger partial charge >= 0.3 is 0 Å². The van der Waals surface area contributed by atoms with Crippen molar-refractivity contribution in [3.63, 3.8) is 0 Å². The monoisotopic (exact) mass is 383 g/mol. The molecule has 0 aromatic heterocycles. The summed E-state index contributed by atoms with van der Waals surface area (Å²) >= 11 is 3.38. The molecule has 24 heavy (non-hydrogen) atoms. The number of hydrogen-bond donors (Lipinski definition) is 0. The van der Waals surface area contributed by atoms with Crippen LogP contribution in [0.1, 0.15) is 16.7 Å². The SMILES string of the molecule is Fc1cccc(CN(Cc2ccccc2)Cc2ccccc2)c1Br. The molecule has 3 aromatic rings. The molecule has 0 aliphatic rings. The summed E-state index contributed by atoms with van der Waals surface area (Å²) in [4.78, 5) is 2.32. The van der Waals surface area contributed by atoms with Gasteiger partial charge in [0.05, 0.1) is 4.47 Å². The summed E-state index contributed by atoms with van der Waals surface area (Å²) in [6.45, 7) is 2.32. The smallest absolute Gasteiger partial charge is 0.137 e. The lowest BCUT2D eigenvalue weighted by molar-refractivity contribution is 0.247. The van der Waals surface area contributed by atoms with Gasteiger partial charge in [0.1, 0.15) is 5.82 Å². The Morgan fingerprint density at radius 2 is 1.21 bits per heavy atom. The van der Waals surface area contributed by atoms with Gasteiger partial charge in [-0.2, -0.15) is 0 Å². The van der Waals surface area contributed by atoms with E-state index >= 15 is 0 Å². The van der Waals surface area contributed by atoms with Crippen molar-refractivity contribution in [1.29, 1.82) is 0 Å². The van der Waals surface area contributed by atoms with Crippen LogP contribution in [0.3, 0.4) is 0 Å². The lowest BCUT2D eigenvalue weighted by Crippen LogP contribution is -2.22. The molecule has 1 nitrogen and oxygen atoms in total. The summed E-state index contributed by atoms with van der Waals surface area (Å²) in [5.74, 6) is -0.216. The first-order valence-corrected chi connectivity index (χ1v) is 8.75. The first-order valence-electron chi connectivity index (χ1n) is 7.95. The first kappa shape index (κ1) is 16.9. The molecule has 0 N–H and O–H groups in total. The second-order valence-corrected chi connectivity index (χ2v) is 6.62. The van der Waals surface area contributed by atoms with Gasteiger partial charge in [-0.05, 0) is 38.7 Å². The molecule has 0 saturated carbocycles. The van der Waals surface area contributed by atoms with Crippen LogP contribution in [0.2, 0.25) is 0 Å². The number of hydrogen-bond acceptors (Lipinski definition) is 1. The highest BCUT2D eigenvalue weighted by Crippen LogP contribution is 2.23. The molecule has 0 aliphatic heterocycles. The number of halogens is 2. The topological polar surface area (TPSA) is 3.24 Å². The van der Waals surface area contributed by atoms with Crippen LogP contribution < -0.4 is 0 Å². The van der Waals surface area contributed by atoms with Crippen LogP contribution in [0.25, 0.3) is 0 Å². The number of benzene rings is 3. The number of rotatable bonds is 6. The van der Waals surface area contributed by atoms with Gasteiger partial charge in [-0.1, -0.05) is 72.8 Å². The second-order valence-electron chi connectivity index (χ2n) is 5.83. The van der Waals surface area contributed by atoms with E-state index < -0.39 is 0 Å². The molecule has 0 bridgehead atoms. The fraction of sp³-hybridized carbons (Fsp3) is 0.143. The fourth-order valence-corrected chi connectivity index (χ4v) is 3.15. The van der Waals surface area contributed by atoms with Crippen molar-refractivity contribution in [2.24, 2.45) is 0 Å². The zero-order valence-corrected chi connectivity index (χ0v) is 14.9. The third-order valence-electron chi connectivity index (χ3n) is 3.92. The molecular weight excluding hydrogens is 365 g/mol. The van der Waals surface area contributed by atoms with E-state index in [2.05, 4.69) is 45.1 Å². The van der Waals surface area contributed by atoms with E-state index in [1.807, 2.05) is 42.5 Å². The minimum absolute atomic E-state index is 0.216. The van der Waals surface area contributed by atoms with Gasteiger partial charge < -0.3 is 0 Å². The largest absolute Gasteiger partial charge is 0.291 e. The molecule has 0 heterocycles. The predicted octanol–water partition coefficient (Wildman–Crippen LogP) is 5.79. The van der Waals surface area contributed by atoms with Crippen molar-refractivity contribution in [2.75, 3.05) is 0 Å². The Hall–Kier alpha value is -1.97. The van der Waals surface area contributed by atoms with Crippen LogP contribution in [-0.2, 0) is 19.6 Å². The van der Waals surface area contributed by atoms with Crippen molar-refractivity contribution in [2.45, 2.75) is 19.6 Å². The fourth-order valence-electron chi connectivity index (χ4n) is 2.76. The van der Waals surface area contributed by atoms with Gasteiger partial charge in [0, 0.05) is 19.6 Å². The molecule has 0 spiro atoms. The van der Waals surface area contributed by atoms with E-state index in [0.29, 0.717) is 11.0 Å². The van der Waals surface area contributed by atoms with E-state index in [9.17, 15) is 4.39 Å². The Balaban J connectivity index is 1.82. The van der Waals surface area contributed by atoms with Gasteiger partial charge in [-0.25, -0.2) is 4.39 Å². The quantitative estimate of drug-likeness (QED) is 0.520. The molecule has 3 aromatic carbocycles. The predicted molar refractivity (Wildman–Crippen MR) is 99.9 cm³/mol. The van der Waals surface area contributed by atoms with Crippen molar-refractivity contribution in [1.82, 2.24) is 4.90 Å². The third kappa shape index (κ3) is 4.53. The van der Waals surface area contributed by atoms with Crippen molar-refractivity contribution >= 4 is 15.9 Å². The molecule has 3 rings (SSSR count). The molecule has 0 fully saturated rings. The Bertz CT molecular complexity index is 733. The highest BCUT2D eigenvalue weighted by atomic mass is 79.9. The molecule has 0 aliphatic carbocycles. The molecule has 0 atom stereocenters. The van der Waals surface area contributed by atoms with E-state index in [0.717, 1.165) is 18.7 Å². The average molecular weight is 384 g/mol. The van der Waals surface area contributed by atoms with Gasteiger partial charge in [0.15, 0.2) is 0 Å². The molecule has 0 saturated heterocycles. The van der Waals surface area contributed by atoms with Gasteiger partial charge in [0.25, 0.3) is 0 Å². The number of nitrogens with zero attached hydrogens (tertiary/aromatic N) is 1. The van der Waals surface area contributed by atoms with Crippen LogP contribution in [0, 0.1) is 5.82 Å². The highest BCUT2D eigenvalue weighted by molar-refractivity contribution is 9.10. The normalized spacial score (nSPS) is 11.0. The lowest BCUT2D eigenvalue weighted by Gasteiger charge is -2.23. The van der Waals surface area contributed by atoms with Crippen LogP contribution in [0.5, 0.6) is 0 Å². The van der Waals surface area contributed by atoms with Gasteiger partial charge in [-0.15, -0.1) is 0 Å². The molecule has 0 radical (unpaired) electrons. The summed E-state index contributed by atoms with van der Waals surface area (Å²) in [7, 11) is 0. The Labute approximate surface area is 150 Å². The lowest BCUT2D eigenvalue weighted by atomic mass is 10.1. The minimum atomic E-state index is -0.216. The zero-order chi connectivity index (χ0) is 16.8. The molecule has 3 heteroatoms. The second kappa shape index (κ2) is 8.22. The zero-order valence-electron chi connectivity index (χ0n) is 13.3. The maximum absolute atomic E-state index is 13.8. The summed E-state index contributed by atoms with van der Waals surface area (Å²) < 4.78 is 14.4. The summed E-state index contributed by atoms with van der Waals surface area (Å²) in [5.41, 5.74) is 3.46. The van der Waals surface area contributed by atoms with E-state index in [1.54, 1.807) is 6.07 Å². The maximum atomic E-state index is 13.8. The summed E-state index contributed by atoms with van der Waals surface area (Å²) in [6, 6.07) is 25.9. The highest BCUT2D eigenvalue weighted by Gasteiger charge is 2.12. The molecular formula is C21H19BrFN. The molecule has 0 unspecified atom stereocenters. The summed E-state index contributed by atoms with van der Waals surface area (Å²) in [5, 5.41) is 0. The van der Waals surface area contributed by atoms with E-state index in [1.165, 1.54) is 17.2 Å². The summed E-state index contributed by atoms with van der Waals surface area (Å²) in [6.07, 6.45) is 0. The Morgan fingerprint density at radius 3 is 1.75 bits per heavy atom. The maximum Gasteiger partial charge on any atom is 0.137 e. The average Bonchev–Trinajstić information content (AvgIpc) is 2.61. The van der Waals surface area contributed by atoms with E-state index in [4.69, 9.17) is 0 Å². The van der Waals surface area contributed by atoms with Crippen LogP contribution in [-0.4, -0.2) is 4.90 Å². The molecule has 0 amide bonds. The van der Waals surface area contributed by atoms with Gasteiger partial charge in [-0.3, -0.25) is 4.90 Å². The van der Waals surface area contributed by atoms with Gasteiger partial charge in [0.2, 0.25) is 0 Å².